The summed E-state index contributed by atoms with van der Waals surface area (Å²) in [5.74, 6) is 0.929. The zero-order valence-corrected chi connectivity index (χ0v) is 16.4. The molecule has 0 bridgehead atoms. The third-order valence-corrected chi connectivity index (χ3v) is 6.93. The molecule has 2 nitrogen and oxygen atoms in total. The van der Waals surface area contributed by atoms with E-state index in [-0.39, 0.29) is 0 Å². The Morgan fingerprint density at radius 3 is 2.72 bits per heavy atom. The average Bonchev–Trinajstić information content (AvgIpc) is 3.14. The van der Waals surface area contributed by atoms with Gasteiger partial charge in [-0.1, -0.05) is 35.9 Å². The molecule has 3 aromatic carbocycles. The zero-order chi connectivity index (χ0) is 17.1. The van der Waals surface area contributed by atoms with E-state index >= 15 is 0 Å². The number of rotatable bonds is 1. The highest BCUT2D eigenvalue weighted by Crippen LogP contribution is 2.39. The van der Waals surface area contributed by atoms with Crippen LogP contribution in [0.5, 0.6) is 0 Å². The Morgan fingerprint density at radius 2 is 1.84 bits per heavy atom. The van der Waals surface area contributed by atoms with Gasteiger partial charge in [0, 0.05) is 24.6 Å². The smallest absolute Gasteiger partial charge is 0.111 e. The number of fused-ring (bicyclic) bond motifs is 5. The van der Waals surface area contributed by atoms with Crippen LogP contribution < -0.4 is 0 Å². The average molecular weight is 428 g/mol. The summed E-state index contributed by atoms with van der Waals surface area (Å²) in [6.45, 7) is 2.03. The molecule has 0 spiro atoms. The molecule has 0 amide bonds. The van der Waals surface area contributed by atoms with Gasteiger partial charge in [0.25, 0.3) is 0 Å². The van der Waals surface area contributed by atoms with Gasteiger partial charge < -0.3 is 0 Å². The Balaban J connectivity index is 1.95. The lowest BCUT2D eigenvalue weighted by Gasteiger charge is -2.10. The Morgan fingerprint density at radius 1 is 1.00 bits per heavy atom. The number of nitrogens with zero attached hydrogens (tertiary/aromatic N) is 2. The van der Waals surface area contributed by atoms with Crippen molar-refractivity contribution in [2.24, 2.45) is 0 Å². The quantitative estimate of drug-likeness (QED) is 0.278. The molecule has 2 aromatic heterocycles. The van der Waals surface area contributed by atoms with Gasteiger partial charge >= 0.3 is 0 Å². The fourth-order valence-corrected chi connectivity index (χ4v) is 5.11. The van der Waals surface area contributed by atoms with Crippen LogP contribution in [0.25, 0.3) is 36.9 Å². The number of hydrogen-bond acceptors (Lipinski definition) is 2. The van der Waals surface area contributed by atoms with Gasteiger partial charge in [-0.15, -0.1) is 11.3 Å². The molecule has 0 fully saturated rings. The second-order valence-electron chi connectivity index (χ2n) is 5.97. The molecule has 0 N–H and O–H groups in total. The molecule has 0 atom stereocenters. The number of imidazole rings is 1. The van der Waals surface area contributed by atoms with Gasteiger partial charge in [0.15, 0.2) is 0 Å². The lowest BCUT2D eigenvalue weighted by molar-refractivity contribution is 1.00. The van der Waals surface area contributed by atoms with Gasteiger partial charge in [-0.05, 0) is 53.2 Å². The minimum absolute atomic E-state index is 0.695. The molecular formula is C20H12BrClN2S. The van der Waals surface area contributed by atoms with Crippen LogP contribution in [0.3, 0.4) is 0 Å². The lowest BCUT2D eigenvalue weighted by atomic mass is 10.1. The van der Waals surface area contributed by atoms with Crippen molar-refractivity contribution < 1.29 is 0 Å². The van der Waals surface area contributed by atoms with E-state index in [1.54, 1.807) is 0 Å². The van der Waals surface area contributed by atoms with Gasteiger partial charge in [0.05, 0.1) is 21.7 Å². The number of thiophene rings is 1. The zero-order valence-electron chi connectivity index (χ0n) is 13.3. The second kappa shape index (κ2) is 5.56. The Bertz CT molecular complexity index is 1290. The summed E-state index contributed by atoms with van der Waals surface area (Å²) >= 11 is 11.9. The van der Waals surface area contributed by atoms with E-state index < -0.39 is 0 Å². The molecular weight excluding hydrogens is 416 g/mol. The third kappa shape index (κ3) is 2.18. The maximum absolute atomic E-state index is 6.56. The number of aromatic nitrogens is 2. The number of halogens is 2. The fourth-order valence-electron chi connectivity index (χ4n) is 3.44. The minimum Gasteiger partial charge on any atom is -0.295 e. The molecule has 122 valence electrons. The lowest BCUT2D eigenvalue weighted by Crippen LogP contribution is -1.98. The fraction of sp³-hybridized carbons (Fsp3) is 0.0500. The predicted molar refractivity (Wildman–Crippen MR) is 111 cm³/mol. The van der Waals surface area contributed by atoms with Crippen molar-refractivity contribution in [1.29, 1.82) is 0 Å². The van der Waals surface area contributed by atoms with E-state index in [1.807, 2.05) is 36.5 Å². The van der Waals surface area contributed by atoms with Crippen molar-refractivity contribution in [2.45, 2.75) is 6.92 Å². The maximum atomic E-state index is 6.56. The molecule has 5 rings (SSSR count). The maximum Gasteiger partial charge on any atom is 0.111 e. The van der Waals surface area contributed by atoms with Crippen molar-refractivity contribution in [3.8, 4) is 5.69 Å². The van der Waals surface area contributed by atoms with Gasteiger partial charge in [-0.3, -0.25) is 4.57 Å². The molecule has 0 aliphatic rings. The first-order chi connectivity index (χ1) is 12.1. The van der Waals surface area contributed by atoms with Crippen LogP contribution in [0, 0.1) is 6.92 Å². The van der Waals surface area contributed by atoms with E-state index in [1.165, 1.54) is 20.2 Å². The second-order valence-corrected chi connectivity index (χ2v) is 8.29. The van der Waals surface area contributed by atoms with Gasteiger partial charge in [0.2, 0.25) is 0 Å². The van der Waals surface area contributed by atoms with Crippen molar-refractivity contribution in [3.05, 3.63) is 69.9 Å². The predicted octanol–water partition coefficient (Wildman–Crippen LogP) is 7.12. The topological polar surface area (TPSA) is 17.8 Å². The molecule has 0 saturated heterocycles. The van der Waals surface area contributed by atoms with Gasteiger partial charge in [0.1, 0.15) is 5.82 Å². The molecule has 5 heteroatoms. The SMILES string of the molecule is Cc1nc2c3c(ccc2n1-c1cccc(Br)c1Cl)sc1ccccc13. The molecule has 0 unspecified atom stereocenters. The van der Waals surface area contributed by atoms with Crippen LogP contribution in [0.2, 0.25) is 5.02 Å². The van der Waals surface area contributed by atoms with Crippen LogP contribution in [0.4, 0.5) is 0 Å². The Labute approximate surface area is 161 Å². The molecule has 0 aliphatic carbocycles. The van der Waals surface area contributed by atoms with E-state index in [9.17, 15) is 0 Å². The monoisotopic (exact) mass is 426 g/mol. The summed E-state index contributed by atoms with van der Waals surface area (Å²) < 4.78 is 5.57. The Kier molecular flexibility index (Phi) is 3.42. The van der Waals surface area contributed by atoms with E-state index in [2.05, 4.69) is 56.9 Å². The molecule has 5 aromatic rings. The number of hydrogen-bond donors (Lipinski definition) is 0. The summed E-state index contributed by atoms with van der Waals surface area (Å²) in [4.78, 5) is 4.91. The van der Waals surface area contributed by atoms with E-state index in [0.717, 1.165) is 27.0 Å². The highest BCUT2D eigenvalue weighted by molar-refractivity contribution is 9.10. The van der Waals surface area contributed by atoms with Crippen LogP contribution in [-0.4, -0.2) is 9.55 Å². The molecule has 0 radical (unpaired) electrons. The first kappa shape index (κ1) is 15.4. The van der Waals surface area contributed by atoms with Gasteiger partial charge in [-0.25, -0.2) is 4.98 Å². The van der Waals surface area contributed by atoms with Crippen LogP contribution >= 0.6 is 38.9 Å². The summed E-state index contributed by atoms with van der Waals surface area (Å²) in [5.41, 5.74) is 3.05. The highest BCUT2D eigenvalue weighted by atomic mass is 79.9. The summed E-state index contributed by atoms with van der Waals surface area (Å²) in [6, 6.07) is 18.8. The van der Waals surface area contributed by atoms with E-state index in [0.29, 0.717) is 5.02 Å². The summed E-state index contributed by atoms with van der Waals surface area (Å²) in [7, 11) is 0. The molecule has 0 aliphatic heterocycles. The molecule has 25 heavy (non-hydrogen) atoms. The van der Waals surface area contributed by atoms with Crippen molar-refractivity contribution >= 4 is 70.1 Å². The Hall–Kier alpha value is -1.88. The van der Waals surface area contributed by atoms with Crippen molar-refractivity contribution in [1.82, 2.24) is 9.55 Å². The minimum atomic E-state index is 0.695. The van der Waals surface area contributed by atoms with E-state index in [4.69, 9.17) is 16.6 Å². The molecule has 0 saturated carbocycles. The van der Waals surface area contributed by atoms with Crippen LogP contribution in [0.15, 0.2) is 59.1 Å². The van der Waals surface area contributed by atoms with Crippen molar-refractivity contribution in [2.75, 3.05) is 0 Å². The number of aryl methyl sites for hydroxylation is 1. The highest BCUT2D eigenvalue weighted by Gasteiger charge is 2.17. The third-order valence-electron chi connectivity index (χ3n) is 4.50. The number of benzene rings is 3. The van der Waals surface area contributed by atoms with Crippen LogP contribution in [-0.2, 0) is 0 Å². The van der Waals surface area contributed by atoms with Crippen molar-refractivity contribution in [3.63, 3.8) is 0 Å². The first-order valence-corrected chi connectivity index (χ1v) is 9.87. The largest absolute Gasteiger partial charge is 0.295 e. The first-order valence-electron chi connectivity index (χ1n) is 7.89. The standard InChI is InChI=1S/C20H12BrClN2S/c1-11-23-20-15(24(11)14-7-4-6-13(21)19(14)22)9-10-17-18(20)12-5-2-3-8-16(12)25-17/h2-10H,1H3. The summed E-state index contributed by atoms with van der Waals surface area (Å²) in [5, 5.41) is 3.18. The summed E-state index contributed by atoms with van der Waals surface area (Å²) in [6.07, 6.45) is 0. The van der Waals surface area contributed by atoms with Crippen LogP contribution in [0.1, 0.15) is 5.82 Å². The molecule has 2 heterocycles. The van der Waals surface area contributed by atoms with Gasteiger partial charge in [-0.2, -0.15) is 0 Å². The normalized spacial score (nSPS) is 11.8.